The monoisotopic (exact) mass is 559 g/mol. The third-order valence-corrected chi connectivity index (χ3v) is 6.96. The fourth-order valence-corrected chi connectivity index (χ4v) is 4.84. The second-order valence-electron chi connectivity index (χ2n) is 9.33. The van der Waals surface area contributed by atoms with E-state index in [0.29, 0.717) is 16.5 Å². The van der Waals surface area contributed by atoms with Crippen LogP contribution >= 0.6 is 11.6 Å². The van der Waals surface area contributed by atoms with Crippen molar-refractivity contribution in [3.8, 4) is 11.5 Å². The van der Waals surface area contributed by atoms with Gasteiger partial charge in [-0.15, -0.1) is 0 Å². The van der Waals surface area contributed by atoms with Gasteiger partial charge in [0.25, 0.3) is 11.8 Å². The van der Waals surface area contributed by atoms with Crippen LogP contribution in [0.25, 0.3) is 0 Å². The van der Waals surface area contributed by atoms with E-state index >= 15 is 0 Å². The predicted molar refractivity (Wildman–Crippen MR) is 156 cm³/mol. The van der Waals surface area contributed by atoms with Crippen molar-refractivity contribution in [3.05, 3.63) is 160 Å². The van der Waals surface area contributed by atoms with Crippen molar-refractivity contribution >= 4 is 35.1 Å². The van der Waals surface area contributed by atoms with E-state index in [0.717, 1.165) is 16.0 Å². The summed E-state index contributed by atoms with van der Waals surface area (Å²) in [7, 11) is 0. The normalized spacial score (nSPS) is 12.4. The number of halogens is 1. The van der Waals surface area contributed by atoms with E-state index in [-0.39, 0.29) is 22.4 Å². The Morgan fingerprint density at radius 3 is 1.88 bits per heavy atom. The van der Waals surface area contributed by atoms with E-state index < -0.39 is 23.9 Å². The number of carbonyl (C=O) groups is 3. The highest BCUT2D eigenvalue weighted by molar-refractivity contribution is 6.35. The number of hydrogen-bond donors (Lipinski definition) is 0. The van der Waals surface area contributed by atoms with E-state index in [9.17, 15) is 14.4 Å². The lowest BCUT2D eigenvalue weighted by Crippen LogP contribution is -2.29. The molecular weight excluding hydrogens is 538 g/mol. The fourth-order valence-electron chi connectivity index (χ4n) is 4.71. The predicted octanol–water partition coefficient (Wildman–Crippen LogP) is 7.88. The molecule has 7 heteroatoms. The van der Waals surface area contributed by atoms with E-state index in [1.54, 1.807) is 66.7 Å². The molecule has 0 saturated heterocycles. The molecule has 0 radical (unpaired) electrons. The standard InChI is InChI=1S/C34H22ClNO5/c35-25-16-20-27(21-17-25)40-29-13-7-12-28-30(29)33(38)36(32(28)37)26-18-14-24(15-19-26)34(39)41-31(22-8-3-1-4-9-22)23-10-5-2-6-11-23/h1-21,31H. The zero-order valence-corrected chi connectivity index (χ0v) is 22.3. The largest absolute Gasteiger partial charge is 0.457 e. The number of amides is 2. The van der Waals surface area contributed by atoms with Gasteiger partial charge in [0.05, 0.1) is 22.4 Å². The SMILES string of the molecule is O=C(OC(c1ccccc1)c1ccccc1)c1ccc(N2C(=O)c3cccc(Oc4ccc(Cl)cc4)c3C2=O)cc1. The smallest absolute Gasteiger partial charge is 0.339 e. The molecule has 0 spiro atoms. The first-order valence-corrected chi connectivity index (χ1v) is 13.2. The quantitative estimate of drug-likeness (QED) is 0.150. The minimum Gasteiger partial charge on any atom is -0.457 e. The van der Waals surface area contributed by atoms with Gasteiger partial charge in [-0.3, -0.25) is 9.59 Å². The molecule has 1 aliphatic rings. The van der Waals surface area contributed by atoms with Crippen molar-refractivity contribution in [3.63, 3.8) is 0 Å². The third-order valence-electron chi connectivity index (χ3n) is 6.71. The van der Waals surface area contributed by atoms with Crippen LogP contribution in [0.3, 0.4) is 0 Å². The van der Waals surface area contributed by atoms with Gasteiger partial charge >= 0.3 is 5.97 Å². The highest BCUT2D eigenvalue weighted by Gasteiger charge is 2.39. The lowest BCUT2D eigenvalue weighted by Gasteiger charge is -2.19. The van der Waals surface area contributed by atoms with Gasteiger partial charge < -0.3 is 9.47 Å². The molecule has 1 aliphatic heterocycles. The molecule has 1 heterocycles. The molecule has 6 rings (SSSR count). The Hall–Kier alpha value is -5.20. The van der Waals surface area contributed by atoms with Crippen LogP contribution in [0.4, 0.5) is 5.69 Å². The lowest BCUT2D eigenvalue weighted by molar-refractivity contribution is 0.0378. The van der Waals surface area contributed by atoms with Crippen LogP contribution < -0.4 is 9.64 Å². The molecule has 0 aromatic heterocycles. The minimum absolute atomic E-state index is 0.171. The number of nitrogens with zero attached hydrogens (tertiary/aromatic N) is 1. The van der Waals surface area contributed by atoms with E-state index in [1.165, 1.54) is 0 Å². The van der Waals surface area contributed by atoms with Gasteiger partial charge in [0, 0.05) is 5.02 Å². The molecular formula is C34H22ClNO5. The van der Waals surface area contributed by atoms with Crippen molar-refractivity contribution in [1.29, 1.82) is 0 Å². The molecule has 200 valence electrons. The number of imide groups is 1. The van der Waals surface area contributed by atoms with Crippen molar-refractivity contribution in [2.75, 3.05) is 4.90 Å². The van der Waals surface area contributed by atoms with E-state index in [1.807, 2.05) is 60.7 Å². The molecule has 0 unspecified atom stereocenters. The molecule has 41 heavy (non-hydrogen) atoms. The van der Waals surface area contributed by atoms with E-state index in [2.05, 4.69) is 0 Å². The van der Waals surface area contributed by atoms with Crippen LogP contribution in [-0.4, -0.2) is 17.8 Å². The van der Waals surface area contributed by atoms with Crippen LogP contribution in [0.5, 0.6) is 11.5 Å². The maximum atomic E-state index is 13.5. The molecule has 0 saturated carbocycles. The third kappa shape index (κ3) is 5.21. The first-order chi connectivity index (χ1) is 20.0. The second kappa shape index (κ2) is 11.1. The van der Waals surface area contributed by atoms with Crippen LogP contribution in [0, 0.1) is 0 Å². The summed E-state index contributed by atoms with van der Waals surface area (Å²) in [6, 6.07) is 36.8. The number of hydrogen-bond acceptors (Lipinski definition) is 5. The number of carbonyl (C=O) groups excluding carboxylic acids is 3. The first-order valence-electron chi connectivity index (χ1n) is 12.9. The summed E-state index contributed by atoms with van der Waals surface area (Å²) < 4.78 is 11.9. The van der Waals surface area contributed by atoms with Crippen molar-refractivity contribution in [2.45, 2.75) is 6.10 Å². The van der Waals surface area contributed by atoms with Gasteiger partial charge in [0.15, 0.2) is 6.10 Å². The molecule has 2 amide bonds. The maximum absolute atomic E-state index is 13.5. The van der Waals surface area contributed by atoms with Crippen LogP contribution in [0.1, 0.15) is 48.3 Å². The maximum Gasteiger partial charge on any atom is 0.339 e. The molecule has 6 nitrogen and oxygen atoms in total. The van der Waals surface area contributed by atoms with Crippen LogP contribution in [-0.2, 0) is 4.74 Å². The molecule has 0 bridgehead atoms. The first kappa shape index (κ1) is 26.0. The van der Waals surface area contributed by atoms with Crippen molar-refractivity contribution in [2.24, 2.45) is 0 Å². The highest BCUT2D eigenvalue weighted by atomic mass is 35.5. The van der Waals surface area contributed by atoms with E-state index in [4.69, 9.17) is 21.1 Å². The number of anilines is 1. The summed E-state index contributed by atoms with van der Waals surface area (Å²) >= 11 is 5.96. The van der Waals surface area contributed by atoms with Crippen LogP contribution in [0.2, 0.25) is 5.02 Å². The Morgan fingerprint density at radius 2 is 1.27 bits per heavy atom. The Kier molecular flexibility index (Phi) is 7.06. The number of rotatable bonds is 7. The zero-order valence-electron chi connectivity index (χ0n) is 21.6. The topological polar surface area (TPSA) is 72.9 Å². The summed E-state index contributed by atoms with van der Waals surface area (Å²) in [6.07, 6.45) is -0.597. The lowest BCUT2D eigenvalue weighted by atomic mass is 10.0. The average Bonchev–Trinajstić information content (AvgIpc) is 3.28. The van der Waals surface area contributed by atoms with Crippen LogP contribution in [0.15, 0.2) is 127 Å². The number of benzene rings is 5. The molecule has 5 aromatic rings. The summed E-state index contributed by atoms with van der Waals surface area (Å²) in [5.41, 5.74) is 2.70. The second-order valence-corrected chi connectivity index (χ2v) is 9.77. The zero-order chi connectivity index (χ0) is 28.3. The Morgan fingerprint density at radius 1 is 0.659 bits per heavy atom. The molecule has 0 N–H and O–H groups in total. The average molecular weight is 560 g/mol. The molecule has 0 aliphatic carbocycles. The Balaban J connectivity index is 1.23. The highest BCUT2D eigenvalue weighted by Crippen LogP contribution is 2.36. The van der Waals surface area contributed by atoms with Gasteiger partial charge in [0.1, 0.15) is 11.5 Å². The van der Waals surface area contributed by atoms with Gasteiger partial charge in [-0.05, 0) is 71.8 Å². The minimum atomic E-state index is -0.597. The number of ether oxygens (including phenoxy) is 2. The summed E-state index contributed by atoms with van der Waals surface area (Å²) in [5.74, 6) is -0.782. The molecule has 0 fully saturated rings. The molecule has 0 atom stereocenters. The molecule has 5 aromatic carbocycles. The fraction of sp³-hybridized carbons (Fsp3) is 0.0294. The summed E-state index contributed by atoms with van der Waals surface area (Å²) in [6.45, 7) is 0. The Bertz CT molecular complexity index is 1700. The summed E-state index contributed by atoms with van der Waals surface area (Å²) in [5, 5.41) is 0.552. The summed E-state index contributed by atoms with van der Waals surface area (Å²) in [4.78, 5) is 41.0. The van der Waals surface area contributed by atoms with Crippen molar-refractivity contribution in [1.82, 2.24) is 0 Å². The van der Waals surface area contributed by atoms with Gasteiger partial charge in [0.2, 0.25) is 0 Å². The van der Waals surface area contributed by atoms with Crippen molar-refractivity contribution < 1.29 is 23.9 Å². The van der Waals surface area contributed by atoms with Gasteiger partial charge in [-0.25, -0.2) is 9.69 Å². The van der Waals surface area contributed by atoms with Gasteiger partial charge in [-0.2, -0.15) is 0 Å². The van der Waals surface area contributed by atoms with Gasteiger partial charge in [-0.1, -0.05) is 78.3 Å². The number of fused-ring (bicyclic) bond motifs is 1. The Labute approximate surface area is 241 Å². The number of esters is 1.